The van der Waals surface area contributed by atoms with E-state index in [0.29, 0.717) is 6.42 Å². The van der Waals surface area contributed by atoms with Gasteiger partial charge in [0, 0.05) is 6.04 Å². The molecule has 110 valence electrons. The summed E-state index contributed by atoms with van der Waals surface area (Å²) >= 11 is 0. The van der Waals surface area contributed by atoms with Crippen LogP contribution in [0.5, 0.6) is 0 Å². The average Bonchev–Trinajstić information content (AvgIpc) is 2.33. The number of carbonyl (C=O) groups is 2. The number of rotatable bonds is 6. The van der Waals surface area contributed by atoms with Crippen molar-refractivity contribution in [1.29, 1.82) is 0 Å². The number of hydrogen-bond donors (Lipinski definition) is 3. The van der Waals surface area contributed by atoms with Crippen molar-refractivity contribution < 1.29 is 19.1 Å². The Morgan fingerprint density at radius 1 is 1.40 bits per heavy atom. The predicted octanol–water partition coefficient (Wildman–Crippen LogP) is 2.90. The monoisotopic (exact) mass is 282 g/mol. The molecule has 0 bridgehead atoms. The Balaban J connectivity index is 2.65. The molecule has 0 aliphatic heterocycles. The summed E-state index contributed by atoms with van der Waals surface area (Å²) in [4.78, 5) is 22.5. The van der Waals surface area contributed by atoms with Gasteiger partial charge in [0.1, 0.15) is 5.82 Å². The lowest BCUT2D eigenvalue weighted by atomic mass is 10.1. The zero-order chi connectivity index (χ0) is 15.1. The van der Waals surface area contributed by atoms with Gasteiger partial charge in [-0.15, -0.1) is 0 Å². The molecule has 0 heterocycles. The molecule has 6 heteroatoms. The topological polar surface area (TPSA) is 78.4 Å². The van der Waals surface area contributed by atoms with E-state index in [1.807, 2.05) is 6.92 Å². The van der Waals surface area contributed by atoms with Gasteiger partial charge in [-0.3, -0.25) is 4.79 Å². The number of benzene rings is 1. The van der Waals surface area contributed by atoms with Crippen molar-refractivity contribution in [3.8, 4) is 0 Å². The van der Waals surface area contributed by atoms with E-state index in [4.69, 9.17) is 5.11 Å². The van der Waals surface area contributed by atoms with Crippen LogP contribution in [0.2, 0.25) is 0 Å². The maximum absolute atomic E-state index is 13.5. The Bertz CT molecular complexity index is 491. The van der Waals surface area contributed by atoms with Gasteiger partial charge in [-0.1, -0.05) is 19.4 Å². The summed E-state index contributed by atoms with van der Waals surface area (Å²) in [5.74, 6) is -1.51. The van der Waals surface area contributed by atoms with Crippen LogP contribution in [-0.4, -0.2) is 23.1 Å². The molecule has 3 N–H and O–H groups in total. The van der Waals surface area contributed by atoms with Crippen molar-refractivity contribution in [2.75, 3.05) is 5.32 Å². The van der Waals surface area contributed by atoms with Crippen LogP contribution in [0.1, 0.15) is 31.7 Å². The molecule has 1 atom stereocenters. The van der Waals surface area contributed by atoms with Crippen LogP contribution < -0.4 is 10.6 Å². The lowest BCUT2D eigenvalue weighted by Gasteiger charge is -2.17. The fourth-order valence-corrected chi connectivity index (χ4v) is 1.86. The van der Waals surface area contributed by atoms with Gasteiger partial charge in [-0.25, -0.2) is 9.18 Å². The number of nitrogens with one attached hydrogen (secondary N) is 2. The number of hydrogen-bond acceptors (Lipinski definition) is 2. The van der Waals surface area contributed by atoms with Crippen molar-refractivity contribution >= 4 is 17.7 Å². The van der Waals surface area contributed by atoms with E-state index < -0.39 is 23.9 Å². The lowest BCUT2D eigenvalue weighted by Crippen LogP contribution is -2.39. The van der Waals surface area contributed by atoms with Gasteiger partial charge in [0.15, 0.2) is 0 Å². The average molecular weight is 282 g/mol. The second-order valence-corrected chi connectivity index (χ2v) is 4.67. The zero-order valence-electron chi connectivity index (χ0n) is 11.6. The smallest absolute Gasteiger partial charge is 0.319 e. The van der Waals surface area contributed by atoms with Gasteiger partial charge in [-0.2, -0.15) is 0 Å². The number of aryl methyl sites for hydroxylation is 1. The summed E-state index contributed by atoms with van der Waals surface area (Å²) in [6.07, 6.45) is 1.14. The molecular weight excluding hydrogens is 263 g/mol. The first-order valence-corrected chi connectivity index (χ1v) is 6.47. The summed E-state index contributed by atoms with van der Waals surface area (Å²) in [5, 5.41) is 13.7. The first-order valence-electron chi connectivity index (χ1n) is 6.47. The molecule has 0 aliphatic carbocycles. The Kier molecular flexibility index (Phi) is 5.96. The second kappa shape index (κ2) is 7.47. The van der Waals surface area contributed by atoms with Gasteiger partial charge in [-0.05, 0) is 31.0 Å². The normalized spacial score (nSPS) is 11.8. The highest BCUT2D eigenvalue weighted by molar-refractivity contribution is 5.90. The fourth-order valence-electron chi connectivity index (χ4n) is 1.86. The lowest BCUT2D eigenvalue weighted by molar-refractivity contribution is -0.137. The van der Waals surface area contributed by atoms with Crippen molar-refractivity contribution in [3.63, 3.8) is 0 Å². The number of urea groups is 1. The Morgan fingerprint density at radius 3 is 2.70 bits per heavy atom. The number of carboxylic acids is 1. The zero-order valence-corrected chi connectivity index (χ0v) is 11.6. The molecule has 0 spiro atoms. The van der Waals surface area contributed by atoms with E-state index in [-0.39, 0.29) is 12.1 Å². The molecule has 0 aliphatic rings. The summed E-state index contributed by atoms with van der Waals surface area (Å²) < 4.78 is 13.5. The Labute approximate surface area is 117 Å². The number of anilines is 1. The third-order valence-corrected chi connectivity index (χ3v) is 2.76. The highest BCUT2D eigenvalue weighted by atomic mass is 19.1. The molecule has 1 rings (SSSR count). The fraction of sp³-hybridized carbons (Fsp3) is 0.429. The number of halogens is 1. The van der Waals surface area contributed by atoms with E-state index in [1.165, 1.54) is 12.1 Å². The highest BCUT2D eigenvalue weighted by Gasteiger charge is 2.16. The van der Waals surface area contributed by atoms with Crippen LogP contribution in [0.4, 0.5) is 14.9 Å². The van der Waals surface area contributed by atoms with E-state index in [0.717, 1.165) is 12.0 Å². The minimum atomic E-state index is -0.981. The van der Waals surface area contributed by atoms with Crippen molar-refractivity contribution in [2.24, 2.45) is 0 Å². The molecule has 0 radical (unpaired) electrons. The molecular formula is C14H19FN2O3. The van der Waals surface area contributed by atoms with Crippen LogP contribution in [-0.2, 0) is 4.79 Å². The second-order valence-electron chi connectivity index (χ2n) is 4.67. The largest absolute Gasteiger partial charge is 0.481 e. The summed E-state index contributed by atoms with van der Waals surface area (Å²) in [6.45, 7) is 3.68. The molecule has 2 amide bonds. The summed E-state index contributed by atoms with van der Waals surface area (Å²) in [7, 11) is 0. The molecule has 20 heavy (non-hydrogen) atoms. The van der Waals surface area contributed by atoms with Gasteiger partial charge < -0.3 is 15.7 Å². The SMILES string of the molecule is CCCC(CC(=O)O)NC(=O)Nc1cc(C)ccc1F. The molecule has 0 saturated carbocycles. The number of carbonyl (C=O) groups excluding carboxylic acids is 1. The van der Waals surface area contributed by atoms with Gasteiger partial charge >= 0.3 is 12.0 Å². The molecule has 0 saturated heterocycles. The van der Waals surface area contributed by atoms with Gasteiger partial charge in [0.2, 0.25) is 0 Å². The number of aliphatic carboxylic acids is 1. The molecule has 0 fully saturated rings. The standard InChI is InChI=1S/C14H19FN2O3/c1-3-4-10(8-13(18)19)16-14(20)17-12-7-9(2)5-6-11(12)15/h5-7,10H,3-4,8H2,1-2H3,(H,18,19)(H2,16,17,20). The van der Waals surface area contributed by atoms with E-state index in [2.05, 4.69) is 10.6 Å². The first-order chi connectivity index (χ1) is 9.42. The van der Waals surface area contributed by atoms with Crippen LogP contribution in [0.15, 0.2) is 18.2 Å². The van der Waals surface area contributed by atoms with E-state index in [1.54, 1.807) is 13.0 Å². The maximum atomic E-state index is 13.5. The minimum Gasteiger partial charge on any atom is -0.481 e. The molecule has 5 nitrogen and oxygen atoms in total. The number of carboxylic acid groups (broad SMARTS) is 1. The Morgan fingerprint density at radius 2 is 2.10 bits per heavy atom. The van der Waals surface area contributed by atoms with E-state index in [9.17, 15) is 14.0 Å². The predicted molar refractivity (Wildman–Crippen MR) is 74.2 cm³/mol. The van der Waals surface area contributed by atoms with Crippen LogP contribution in [0.25, 0.3) is 0 Å². The Hall–Kier alpha value is -2.11. The van der Waals surface area contributed by atoms with Crippen LogP contribution in [0, 0.1) is 12.7 Å². The number of amides is 2. The third-order valence-electron chi connectivity index (χ3n) is 2.76. The first kappa shape index (κ1) is 15.9. The summed E-state index contributed by atoms with van der Waals surface area (Å²) in [5.41, 5.74) is 0.894. The van der Waals surface area contributed by atoms with Crippen molar-refractivity contribution in [2.45, 2.75) is 39.2 Å². The van der Waals surface area contributed by atoms with Crippen LogP contribution >= 0.6 is 0 Å². The molecule has 1 aromatic rings. The van der Waals surface area contributed by atoms with Gasteiger partial charge in [0.05, 0.1) is 12.1 Å². The van der Waals surface area contributed by atoms with Crippen molar-refractivity contribution in [1.82, 2.24) is 5.32 Å². The molecule has 0 aromatic heterocycles. The third kappa shape index (κ3) is 5.26. The summed E-state index contributed by atoms with van der Waals surface area (Å²) in [6, 6.07) is 3.31. The highest BCUT2D eigenvalue weighted by Crippen LogP contribution is 2.15. The van der Waals surface area contributed by atoms with E-state index >= 15 is 0 Å². The maximum Gasteiger partial charge on any atom is 0.319 e. The minimum absolute atomic E-state index is 0.0769. The van der Waals surface area contributed by atoms with Crippen molar-refractivity contribution in [3.05, 3.63) is 29.6 Å². The van der Waals surface area contributed by atoms with Crippen LogP contribution in [0.3, 0.4) is 0 Å². The molecule has 1 aromatic carbocycles. The van der Waals surface area contributed by atoms with Gasteiger partial charge in [0.25, 0.3) is 0 Å². The molecule has 1 unspecified atom stereocenters. The quantitative estimate of drug-likeness (QED) is 0.750.